The Morgan fingerprint density at radius 1 is 1.24 bits per heavy atom. The summed E-state index contributed by atoms with van der Waals surface area (Å²) in [4.78, 5) is 17.5. The Kier molecular flexibility index (Phi) is 3.96. The highest BCUT2D eigenvalue weighted by molar-refractivity contribution is 7.98. The zero-order valence-electron chi connectivity index (χ0n) is 11.9. The van der Waals surface area contributed by atoms with Crippen molar-refractivity contribution >= 4 is 11.8 Å². The van der Waals surface area contributed by atoms with E-state index in [1.165, 1.54) is 0 Å². The van der Waals surface area contributed by atoms with Crippen molar-refractivity contribution in [1.82, 2.24) is 24.5 Å². The van der Waals surface area contributed by atoms with E-state index < -0.39 is 0 Å². The average molecular weight is 297 g/mol. The molecule has 0 saturated carbocycles. The van der Waals surface area contributed by atoms with Crippen molar-refractivity contribution in [3.8, 4) is 11.5 Å². The number of aromatic nitrogens is 5. The number of aryl methyl sites for hydroxylation is 2. The van der Waals surface area contributed by atoms with E-state index in [0.717, 1.165) is 27.9 Å². The molecular formula is C15H15N5S. The SMILES string of the molecule is Cc1cc(SCc2cncn2C)nc(-c2ccccn2)n1. The second kappa shape index (κ2) is 6.05. The van der Waals surface area contributed by atoms with Gasteiger partial charge in [-0.3, -0.25) is 4.98 Å². The highest BCUT2D eigenvalue weighted by Crippen LogP contribution is 2.23. The summed E-state index contributed by atoms with van der Waals surface area (Å²) in [5.41, 5.74) is 2.90. The van der Waals surface area contributed by atoms with E-state index in [-0.39, 0.29) is 0 Å². The molecule has 3 rings (SSSR count). The molecule has 6 heteroatoms. The Balaban J connectivity index is 1.83. The van der Waals surface area contributed by atoms with Crippen LogP contribution < -0.4 is 0 Å². The highest BCUT2D eigenvalue weighted by atomic mass is 32.2. The zero-order chi connectivity index (χ0) is 14.7. The molecule has 0 fully saturated rings. The maximum absolute atomic E-state index is 4.59. The lowest BCUT2D eigenvalue weighted by Crippen LogP contribution is -1.97. The summed E-state index contributed by atoms with van der Waals surface area (Å²) in [7, 11) is 1.99. The lowest BCUT2D eigenvalue weighted by molar-refractivity contribution is 0.866. The van der Waals surface area contributed by atoms with Crippen LogP contribution in [0.1, 0.15) is 11.4 Å². The Hall–Kier alpha value is -2.21. The van der Waals surface area contributed by atoms with E-state index in [2.05, 4.69) is 19.9 Å². The lowest BCUT2D eigenvalue weighted by atomic mass is 10.3. The van der Waals surface area contributed by atoms with E-state index in [1.807, 2.05) is 49.0 Å². The summed E-state index contributed by atoms with van der Waals surface area (Å²) < 4.78 is 2.01. The minimum absolute atomic E-state index is 0.670. The first-order valence-corrected chi connectivity index (χ1v) is 7.56. The minimum Gasteiger partial charge on any atom is -0.337 e. The molecule has 3 aromatic heterocycles. The summed E-state index contributed by atoms with van der Waals surface area (Å²) in [6, 6.07) is 7.74. The molecule has 0 aromatic carbocycles. The molecule has 21 heavy (non-hydrogen) atoms. The van der Waals surface area contributed by atoms with Gasteiger partial charge in [-0.2, -0.15) is 0 Å². The molecule has 0 saturated heterocycles. The van der Waals surface area contributed by atoms with Crippen molar-refractivity contribution in [2.45, 2.75) is 17.7 Å². The van der Waals surface area contributed by atoms with Gasteiger partial charge in [-0.15, -0.1) is 0 Å². The number of hydrogen-bond acceptors (Lipinski definition) is 5. The molecule has 5 nitrogen and oxygen atoms in total. The van der Waals surface area contributed by atoms with Crippen LogP contribution in [0.15, 0.2) is 48.0 Å². The molecule has 0 spiro atoms. The fourth-order valence-electron chi connectivity index (χ4n) is 1.89. The van der Waals surface area contributed by atoms with Crippen molar-refractivity contribution in [3.63, 3.8) is 0 Å². The quantitative estimate of drug-likeness (QED) is 0.547. The molecule has 0 aliphatic rings. The fraction of sp³-hybridized carbons (Fsp3) is 0.200. The third kappa shape index (κ3) is 3.28. The van der Waals surface area contributed by atoms with Gasteiger partial charge in [-0.25, -0.2) is 15.0 Å². The van der Waals surface area contributed by atoms with Crippen LogP contribution in [0.2, 0.25) is 0 Å². The topological polar surface area (TPSA) is 56.5 Å². The van der Waals surface area contributed by atoms with Crippen LogP contribution in [0.5, 0.6) is 0 Å². The number of imidazole rings is 1. The molecule has 0 amide bonds. The Labute approximate surface area is 127 Å². The molecule has 0 radical (unpaired) electrons. The number of pyridine rings is 1. The Bertz CT molecular complexity index is 739. The first-order chi connectivity index (χ1) is 10.2. The van der Waals surface area contributed by atoms with E-state index in [4.69, 9.17) is 0 Å². The number of nitrogens with zero attached hydrogens (tertiary/aromatic N) is 5. The van der Waals surface area contributed by atoms with E-state index >= 15 is 0 Å². The summed E-state index contributed by atoms with van der Waals surface area (Å²) in [6.45, 7) is 1.97. The Morgan fingerprint density at radius 3 is 2.86 bits per heavy atom. The van der Waals surface area contributed by atoms with Gasteiger partial charge in [0, 0.05) is 36.6 Å². The summed E-state index contributed by atoms with van der Waals surface area (Å²) in [5, 5.41) is 0.948. The van der Waals surface area contributed by atoms with Gasteiger partial charge < -0.3 is 4.57 Å². The standard InChI is InChI=1S/C15H15N5S/c1-11-7-14(21-9-12-8-16-10-20(12)2)19-15(18-11)13-5-3-4-6-17-13/h3-8,10H,9H2,1-2H3. The zero-order valence-corrected chi connectivity index (χ0v) is 12.7. The monoisotopic (exact) mass is 297 g/mol. The first kappa shape index (κ1) is 13.8. The molecule has 106 valence electrons. The average Bonchev–Trinajstić information content (AvgIpc) is 2.91. The van der Waals surface area contributed by atoms with Gasteiger partial charge in [-0.05, 0) is 25.1 Å². The van der Waals surface area contributed by atoms with E-state index in [9.17, 15) is 0 Å². The lowest BCUT2D eigenvalue weighted by Gasteiger charge is -2.06. The van der Waals surface area contributed by atoms with Crippen LogP contribution in [-0.2, 0) is 12.8 Å². The minimum atomic E-state index is 0.670. The summed E-state index contributed by atoms with van der Waals surface area (Å²) in [6.07, 6.45) is 5.44. The van der Waals surface area contributed by atoms with Gasteiger partial charge in [-0.1, -0.05) is 17.8 Å². The summed E-state index contributed by atoms with van der Waals surface area (Å²) >= 11 is 1.68. The highest BCUT2D eigenvalue weighted by Gasteiger charge is 2.07. The molecular weight excluding hydrogens is 282 g/mol. The predicted molar refractivity (Wildman–Crippen MR) is 82.8 cm³/mol. The molecule has 0 aliphatic carbocycles. The number of rotatable bonds is 4. The van der Waals surface area contributed by atoms with Crippen molar-refractivity contribution in [2.75, 3.05) is 0 Å². The normalized spacial score (nSPS) is 10.8. The molecule has 0 N–H and O–H groups in total. The first-order valence-electron chi connectivity index (χ1n) is 6.57. The van der Waals surface area contributed by atoms with Crippen molar-refractivity contribution in [3.05, 3.63) is 54.4 Å². The van der Waals surface area contributed by atoms with Crippen LogP contribution in [0.4, 0.5) is 0 Å². The molecule has 0 aliphatic heterocycles. The maximum atomic E-state index is 4.59. The maximum Gasteiger partial charge on any atom is 0.179 e. The van der Waals surface area contributed by atoms with Crippen molar-refractivity contribution in [2.24, 2.45) is 7.05 Å². The molecule has 0 bridgehead atoms. The number of hydrogen-bond donors (Lipinski definition) is 0. The van der Waals surface area contributed by atoms with E-state index in [1.54, 1.807) is 24.3 Å². The molecule has 0 atom stereocenters. The van der Waals surface area contributed by atoms with Crippen molar-refractivity contribution in [1.29, 1.82) is 0 Å². The third-order valence-corrected chi connectivity index (χ3v) is 3.95. The van der Waals surface area contributed by atoms with Gasteiger partial charge in [0.25, 0.3) is 0 Å². The van der Waals surface area contributed by atoms with Gasteiger partial charge >= 0.3 is 0 Å². The summed E-state index contributed by atoms with van der Waals surface area (Å²) in [5.74, 6) is 1.50. The third-order valence-electron chi connectivity index (χ3n) is 3.01. The van der Waals surface area contributed by atoms with Gasteiger partial charge in [0.15, 0.2) is 5.82 Å². The second-order valence-electron chi connectivity index (χ2n) is 4.67. The molecule has 0 unspecified atom stereocenters. The van der Waals surface area contributed by atoms with E-state index in [0.29, 0.717) is 5.82 Å². The second-order valence-corrected chi connectivity index (χ2v) is 5.67. The molecule has 3 heterocycles. The van der Waals surface area contributed by atoms with Crippen molar-refractivity contribution < 1.29 is 0 Å². The van der Waals surface area contributed by atoms with Crippen LogP contribution in [0, 0.1) is 6.92 Å². The van der Waals surface area contributed by atoms with Crippen LogP contribution in [-0.4, -0.2) is 24.5 Å². The van der Waals surface area contributed by atoms with Gasteiger partial charge in [0.05, 0.1) is 6.33 Å². The predicted octanol–water partition coefficient (Wildman–Crippen LogP) is 2.87. The van der Waals surface area contributed by atoms with Crippen LogP contribution in [0.25, 0.3) is 11.5 Å². The fourth-order valence-corrected chi connectivity index (χ4v) is 2.87. The van der Waals surface area contributed by atoms with Gasteiger partial charge in [0.2, 0.25) is 0 Å². The van der Waals surface area contributed by atoms with Crippen LogP contribution >= 0.6 is 11.8 Å². The molecule has 3 aromatic rings. The smallest absolute Gasteiger partial charge is 0.179 e. The van der Waals surface area contributed by atoms with Crippen LogP contribution in [0.3, 0.4) is 0 Å². The van der Waals surface area contributed by atoms with Gasteiger partial charge in [0.1, 0.15) is 10.7 Å². The Morgan fingerprint density at radius 2 is 2.14 bits per heavy atom. The largest absolute Gasteiger partial charge is 0.337 e. The number of thioether (sulfide) groups is 1.